The number of amides is 1. The lowest BCUT2D eigenvalue weighted by molar-refractivity contribution is -0.131. The van der Waals surface area contributed by atoms with Crippen LogP contribution in [-0.4, -0.2) is 43.2 Å². The number of nitrogens with one attached hydrogen (secondary N) is 1. The summed E-state index contributed by atoms with van der Waals surface area (Å²) in [6, 6.07) is 2.54. The van der Waals surface area contributed by atoms with Crippen molar-refractivity contribution >= 4 is 17.2 Å². The van der Waals surface area contributed by atoms with E-state index < -0.39 is 0 Å². The molecule has 21 heavy (non-hydrogen) atoms. The van der Waals surface area contributed by atoms with Crippen molar-refractivity contribution < 1.29 is 9.53 Å². The Labute approximate surface area is 130 Å². The molecular formula is C16H24N2O2S. The quantitative estimate of drug-likeness (QED) is 0.925. The van der Waals surface area contributed by atoms with Gasteiger partial charge in [-0.05, 0) is 49.1 Å². The van der Waals surface area contributed by atoms with Gasteiger partial charge < -0.3 is 15.0 Å². The average molecular weight is 308 g/mol. The minimum Gasteiger partial charge on any atom is -0.381 e. The highest BCUT2D eigenvalue weighted by atomic mass is 32.1. The smallest absolute Gasteiger partial charge is 0.236 e. The fraction of sp³-hybridized carbons (Fsp3) is 0.688. The number of nitrogens with zero attached hydrogens (tertiary/aromatic N) is 1. The van der Waals surface area contributed by atoms with Crippen molar-refractivity contribution in [3.63, 3.8) is 0 Å². The van der Waals surface area contributed by atoms with Gasteiger partial charge >= 0.3 is 0 Å². The molecule has 0 aromatic carbocycles. The molecular weight excluding hydrogens is 284 g/mol. The fourth-order valence-electron chi connectivity index (χ4n) is 3.20. The third-order valence-electron chi connectivity index (χ3n) is 4.71. The van der Waals surface area contributed by atoms with Gasteiger partial charge in [-0.15, -0.1) is 11.3 Å². The second-order valence-electron chi connectivity index (χ2n) is 6.05. The maximum atomic E-state index is 12.4. The molecule has 1 unspecified atom stereocenters. The van der Waals surface area contributed by atoms with E-state index in [9.17, 15) is 4.79 Å². The van der Waals surface area contributed by atoms with Crippen LogP contribution in [0.1, 0.15) is 30.2 Å². The largest absolute Gasteiger partial charge is 0.381 e. The number of ether oxygens (including phenoxy) is 1. The van der Waals surface area contributed by atoms with E-state index in [4.69, 9.17) is 4.74 Å². The van der Waals surface area contributed by atoms with Crippen LogP contribution in [0.25, 0.3) is 0 Å². The molecule has 2 aliphatic rings. The average Bonchev–Trinajstić information content (AvgIpc) is 3.00. The fourth-order valence-corrected chi connectivity index (χ4v) is 4.09. The molecule has 0 spiro atoms. The van der Waals surface area contributed by atoms with Crippen LogP contribution in [-0.2, 0) is 22.5 Å². The normalized spacial score (nSPS) is 21.1. The summed E-state index contributed by atoms with van der Waals surface area (Å²) in [5.41, 5.74) is 1.33. The maximum Gasteiger partial charge on any atom is 0.236 e. The maximum absolute atomic E-state index is 12.4. The molecule has 2 aliphatic heterocycles. The number of rotatable bonds is 4. The van der Waals surface area contributed by atoms with Gasteiger partial charge in [0.2, 0.25) is 5.91 Å². The third-order valence-corrected chi connectivity index (χ3v) is 5.73. The van der Waals surface area contributed by atoms with E-state index in [0.717, 1.165) is 45.6 Å². The number of carbonyl (C=O) groups excluding carboxylic acids is 1. The number of hydrogen-bond acceptors (Lipinski definition) is 4. The molecule has 4 nitrogen and oxygen atoms in total. The summed E-state index contributed by atoms with van der Waals surface area (Å²) >= 11 is 1.81. The predicted octanol–water partition coefficient (Wildman–Crippen LogP) is 2.04. The Hall–Kier alpha value is -0.910. The molecule has 1 amide bonds. The van der Waals surface area contributed by atoms with Crippen LogP contribution in [0.4, 0.5) is 0 Å². The van der Waals surface area contributed by atoms with Crippen molar-refractivity contribution in [2.75, 3.05) is 26.3 Å². The molecule has 0 aliphatic carbocycles. The highest BCUT2D eigenvalue weighted by Gasteiger charge is 2.24. The number of fused-ring (bicyclic) bond motifs is 1. The van der Waals surface area contributed by atoms with Crippen LogP contribution in [0.5, 0.6) is 0 Å². The number of thiophene rings is 1. The van der Waals surface area contributed by atoms with Gasteiger partial charge in [-0.25, -0.2) is 0 Å². The van der Waals surface area contributed by atoms with E-state index in [1.54, 1.807) is 0 Å². The third kappa shape index (κ3) is 3.65. The molecule has 0 radical (unpaired) electrons. The lowest BCUT2D eigenvalue weighted by atomic mass is 9.93. The second-order valence-corrected chi connectivity index (χ2v) is 7.05. The van der Waals surface area contributed by atoms with Crippen molar-refractivity contribution in [2.24, 2.45) is 5.92 Å². The second kappa shape index (κ2) is 6.90. The van der Waals surface area contributed by atoms with Crippen LogP contribution in [0.3, 0.4) is 0 Å². The minimum absolute atomic E-state index is 0.228. The summed E-state index contributed by atoms with van der Waals surface area (Å²) in [6.07, 6.45) is 3.21. The Morgan fingerprint density at radius 3 is 3.14 bits per heavy atom. The molecule has 3 heterocycles. The first-order valence-electron chi connectivity index (χ1n) is 7.88. The zero-order valence-corrected chi connectivity index (χ0v) is 13.5. The van der Waals surface area contributed by atoms with Crippen LogP contribution in [0.2, 0.25) is 0 Å². The molecule has 1 saturated heterocycles. The van der Waals surface area contributed by atoms with E-state index >= 15 is 0 Å². The summed E-state index contributed by atoms with van der Waals surface area (Å²) in [4.78, 5) is 15.8. The summed E-state index contributed by atoms with van der Waals surface area (Å²) in [5.74, 6) is 0.863. The zero-order chi connectivity index (χ0) is 14.7. The molecule has 1 N–H and O–H groups in total. The lowest BCUT2D eigenvalue weighted by Gasteiger charge is -2.30. The predicted molar refractivity (Wildman–Crippen MR) is 84.4 cm³/mol. The van der Waals surface area contributed by atoms with E-state index in [-0.39, 0.29) is 5.91 Å². The Morgan fingerprint density at radius 1 is 1.52 bits per heavy atom. The Kier molecular flexibility index (Phi) is 4.93. The van der Waals surface area contributed by atoms with Crippen LogP contribution < -0.4 is 5.32 Å². The van der Waals surface area contributed by atoms with Gasteiger partial charge in [0.25, 0.3) is 0 Å². The topological polar surface area (TPSA) is 41.6 Å². The monoisotopic (exact) mass is 308 g/mol. The standard InChI is InChI=1S/C16H24N2O2S/c1-12(13-3-7-20-8-4-13)17-10-16(19)18-6-2-15-14(11-18)5-9-21-15/h5,9,12-13,17H,2-4,6-8,10-11H2,1H3. The van der Waals surface area contributed by atoms with E-state index in [0.29, 0.717) is 18.5 Å². The van der Waals surface area contributed by atoms with Gasteiger partial charge in [0.1, 0.15) is 0 Å². The van der Waals surface area contributed by atoms with E-state index in [1.165, 1.54) is 10.4 Å². The summed E-state index contributed by atoms with van der Waals surface area (Å²) in [5, 5.41) is 5.55. The van der Waals surface area contributed by atoms with Gasteiger partial charge in [0.05, 0.1) is 6.54 Å². The van der Waals surface area contributed by atoms with Crippen molar-refractivity contribution in [1.82, 2.24) is 10.2 Å². The Balaban J connectivity index is 1.46. The van der Waals surface area contributed by atoms with Crippen LogP contribution in [0, 0.1) is 5.92 Å². The van der Waals surface area contributed by atoms with Crippen LogP contribution >= 0.6 is 11.3 Å². The van der Waals surface area contributed by atoms with Crippen LogP contribution in [0.15, 0.2) is 11.4 Å². The molecule has 0 saturated carbocycles. The SMILES string of the molecule is CC(NCC(=O)N1CCc2sccc2C1)C1CCOCC1. The lowest BCUT2D eigenvalue weighted by Crippen LogP contribution is -2.45. The molecule has 0 bridgehead atoms. The number of carbonyl (C=O) groups is 1. The van der Waals surface area contributed by atoms with Crippen molar-refractivity contribution in [3.8, 4) is 0 Å². The molecule has 3 rings (SSSR count). The molecule has 5 heteroatoms. The van der Waals surface area contributed by atoms with Gasteiger partial charge in [-0.3, -0.25) is 4.79 Å². The van der Waals surface area contributed by atoms with E-state index in [2.05, 4.69) is 23.7 Å². The number of hydrogen-bond donors (Lipinski definition) is 1. The molecule has 1 aromatic rings. The first kappa shape index (κ1) is 15.0. The van der Waals surface area contributed by atoms with Crippen molar-refractivity contribution in [3.05, 3.63) is 21.9 Å². The molecule has 1 atom stereocenters. The molecule has 1 aromatic heterocycles. The molecule has 116 valence electrons. The summed E-state index contributed by atoms with van der Waals surface area (Å²) in [6.45, 7) is 6.01. The van der Waals surface area contributed by atoms with Crippen molar-refractivity contribution in [2.45, 2.75) is 38.8 Å². The Bertz CT molecular complexity index is 482. The zero-order valence-electron chi connectivity index (χ0n) is 12.6. The van der Waals surface area contributed by atoms with Gasteiger partial charge in [-0.1, -0.05) is 0 Å². The van der Waals surface area contributed by atoms with Gasteiger partial charge in [0, 0.05) is 37.2 Å². The van der Waals surface area contributed by atoms with Gasteiger partial charge in [0.15, 0.2) is 0 Å². The van der Waals surface area contributed by atoms with E-state index in [1.807, 2.05) is 16.2 Å². The minimum atomic E-state index is 0.228. The van der Waals surface area contributed by atoms with Gasteiger partial charge in [-0.2, -0.15) is 0 Å². The first-order valence-corrected chi connectivity index (χ1v) is 8.76. The van der Waals surface area contributed by atoms with Crippen molar-refractivity contribution in [1.29, 1.82) is 0 Å². The Morgan fingerprint density at radius 2 is 2.33 bits per heavy atom. The molecule has 1 fully saturated rings. The highest BCUT2D eigenvalue weighted by Crippen LogP contribution is 2.24. The summed E-state index contributed by atoms with van der Waals surface area (Å²) in [7, 11) is 0. The summed E-state index contributed by atoms with van der Waals surface area (Å²) < 4.78 is 5.39. The highest BCUT2D eigenvalue weighted by molar-refractivity contribution is 7.10. The first-order chi connectivity index (χ1) is 10.2.